The maximum atomic E-state index is 9.80. The summed E-state index contributed by atoms with van der Waals surface area (Å²) in [4.78, 5) is 4.51. The number of phenols is 2. The molecule has 17 heavy (non-hydrogen) atoms. The molecule has 0 aliphatic heterocycles. The van der Waals surface area contributed by atoms with Gasteiger partial charge in [-0.2, -0.15) is 0 Å². The van der Waals surface area contributed by atoms with E-state index in [1.54, 1.807) is 6.07 Å². The first-order chi connectivity index (χ1) is 8.16. The summed E-state index contributed by atoms with van der Waals surface area (Å²) in [5.41, 5.74) is 2.70. The minimum absolute atomic E-state index is 0.113. The molecule has 1 heterocycles. The Morgan fingerprint density at radius 1 is 1.06 bits per heavy atom. The van der Waals surface area contributed by atoms with Crippen LogP contribution in [-0.2, 0) is 0 Å². The van der Waals surface area contributed by atoms with Crippen molar-refractivity contribution in [2.75, 3.05) is 0 Å². The Labute approximate surface area is 98.0 Å². The van der Waals surface area contributed by atoms with Crippen LogP contribution in [0.4, 0.5) is 0 Å². The lowest BCUT2D eigenvalue weighted by molar-refractivity contribution is 0.408. The highest BCUT2D eigenvalue weighted by atomic mass is 16.3. The summed E-state index contributed by atoms with van der Waals surface area (Å²) < 4.78 is 0. The predicted molar refractivity (Wildman–Crippen MR) is 67.3 cm³/mol. The Morgan fingerprint density at radius 2 is 1.88 bits per heavy atom. The van der Waals surface area contributed by atoms with E-state index >= 15 is 0 Å². The fourth-order valence-electron chi connectivity index (χ4n) is 2.05. The van der Waals surface area contributed by atoms with Gasteiger partial charge in [0.1, 0.15) is 0 Å². The van der Waals surface area contributed by atoms with Gasteiger partial charge in [0.2, 0.25) is 0 Å². The highest BCUT2D eigenvalue weighted by molar-refractivity contribution is 5.97. The van der Waals surface area contributed by atoms with Crippen molar-refractivity contribution in [2.45, 2.75) is 6.92 Å². The number of para-hydroxylation sites is 1. The second kappa shape index (κ2) is 3.35. The summed E-state index contributed by atoms with van der Waals surface area (Å²) in [6.07, 6.45) is 0. The second-order valence-electron chi connectivity index (χ2n) is 4.13. The van der Waals surface area contributed by atoms with E-state index in [4.69, 9.17) is 0 Å². The molecule has 3 aromatic rings. The molecule has 0 spiro atoms. The Kier molecular flexibility index (Phi) is 1.95. The number of phenolic OH excluding ortho intramolecular Hbond substituents is 2. The third kappa shape index (κ3) is 1.40. The van der Waals surface area contributed by atoms with Crippen molar-refractivity contribution >= 4 is 21.8 Å². The molecule has 0 saturated heterocycles. The number of nitrogens with zero attached hydrogens (tertiary/aromatic N) is 1. The van der Waals surface area contributed by atoms with Crippen LogP contribution in [0.3, 0.4) is 0 Å². The van der Waals surface area contributed by atoms with Crippen LogP contribution in [-0.4, -0.2) is 15.2 Å². The van der Waals surface area contributed by atoms with E-state index in [2.05, 4.69) is 4.98 Å². The molecule has 2 aromatic carbocycles. The second-order valence-corrected chi connectivity index (χ2v) is 4.13. The number of benzene rings is 2. The summed E-state index contributed by atoms with van der Waals surface area (Å²) in [7, 11) is 0. The van der Waals surface area contributed by atoms with Crippen LogP contribution >= 0.6 is 0 Å². The van der Waals surface area contributed by atoms with Crippen molar-refractivity contribution in [3.05, 3.63) is 42.0 Å². The summed E-state index contributed by atoms with van der Waals surface area (Å²) in [5.74, 6) is -0.232. The Hall–Kier alpha value is -2.29. The lowest BCUT2D eigenvalue weighted by Gasteiger charge is -2.06. The molecular weight excluding hydrogens is 214 g/mol. The number of aromatic hydroxyl groups is 2. The van der Waals surface area contributed by atoms with E-state index in [-0.39, 0.29) is 11.5 Å². The number of aryl methyl sites for hydroxylation is 1. The third-order valence-electron chi connectivity index (χ3n) is 2.97. The van der Waals surface area contributed by atoms with Crippen LogP contribution in [0.15, 0.2) is 36.4 Å². The van der Waals surface area contributed by atoms with Crippen LogP contribution in [0.25, 0.3) is 21.8 Å². The minimum Gasteiger partial charge on any atom is -0.504 e. The van der Waals surface area contributed by atoms with E-state index < -0.39 is 0 Å². The van der Waals surface area contributed by atoms with Gasteiger partial charge in [0, 0.05) is 10.8 Å². The van der Waals surface area contributed by atoms with E-state index in [0.717, 1.165) is 16.5 Å². The highest BCUT2D eigenvalue weighted by Gasteiger charge is 2.08. The first-order valence-corrected chi connectivity index (χ1v) is 5.38. The molecule has 0 fully saturated rings. The molecule has 3 nitrogen and oxygen atoms in total. The quantitative estimate of drug-likeness (QED) is 0.456. The average Bonchev–Trinajstić information content (AvgIpc) is 2.33. The lowest BCUT2D eigenvalue weighted by Crippen LogP contribution is -1.86. The van der Waals surface area contributed by atoms with Gasteiger partial charge >= 0.3 is 0 Å². The number of hydrogen-bond acceptors (Lipinski definition) is 3. The van der Waals surface area contributed by atoms with Gasteiger partial charge in [-0.3, -0.25) is 0 Å². The maximum absolute atomic E-state index is 9.80. The van der Waals surface area contributed by atoms with Crippen molar-refractivity contribution < 1.29 is 10.2 Å². The van der Waals surface area contributed by atoms with E-state index in [1.807, 2.05) is 31.2 Å². The SMILES string of the molecule is Cc1cccc2cc3c(O)c(O)ccc3nc12. The zero-order chi connectivity index (χ0) is 12.0. The smallest absolute Gasteiger partial charge is 0.167 e. The van der Waals surface area contributed by atoms with Crippen LogP contribution in [0.2, 0.25) is 0 Å². The Morgan fingerprint density at radius 3 is 2.71 bits per heavy atom. The summed E-state index contributed by atoms with van der Waals surface area (Å²) in [6, 6.07) is 10.9. The van der Waals surface area contributed by atoms with Gasteiger partial charge in [0.25, 0.3) is 0 Å². The van der Waals surface area contributed by atoms with E-state index in [1.165, 1.54) is 6.07 Å². The fourth-order valence-corrected chi connectivity index (χ4v) is 2.05. The Balaban J connectivity index is 2.52. The molecule has 3 heteroatoms. The summed E-state index contributed by atoms with van der Waals surface area (Å²) in [6.45, 7) is 2.00. The first kappa shape index (κ1) is 9.90. The first-order valence-electron chi connectivity index (χ1n) is 5.38. The lowest BCUT2D eigenvalue weighted by atomic mass is 10.1. The van der Waals surface area contributed by atoms with Crippen molar-refractivity contribution in [3.8, 4) is 11.5 Å². The molecule has 0 amide bonds. The van der Waals surface area contributed by atoms with Crippen LogP contribution < -0.4 is 0 Å². The molecule has 0 aliphatic carbocycles. The number of pyridine rings is 1. The van der Waals surface area contributed by atoms with Gasteiger partial charge in [-0.05, 0) is 30.7 Å². The topological polar surface area (TPSA) is 53.4 Å². The van der Waals surface area contributed by atoms with Crippen molar-refractivity contribution in [1.29, 1.82) is 0 Å². The third-order valence-corrected chi connectivity index (χ3v) is 2.97. The number of aromatic nitrogens is 1. The molecule has 0 aliphatic rings. The minimum atomic E-state index is -0.119. The largest absolute Gasteiger partial charge is 0.504 e. The molecule has 0 unspecified atom stereocenters. The van der Waals surface area contributed by atoms with Crippen molar-refractivity contribution in [3.63, 3.8) is 0 Å². The number of fused-ring (bicyclic) bond motifs is 2. The zero-order valence-electron chi connectivity index (χ0n) is 9.31. The molecule has 3 rings (SSSR count). The average molecular weight is 225 g/mol. The van der Waals surface area contributed by atoms with Gasteiger partial charge in [-0.1, -0.05) is 18.2 Å². The molecule has 0 saturated carbocycles. The Bertz CT molecular complexity index is 735. The monoisotopic (exact) mass is 225 g/mol. The van der Waals surface area contributed by atoms with Gasteiger partial charge in [-0.25, -0.2) is 4.98 Å². The van der Waals surface area contributed by atoms with Crippen LogP contribution in [0.5, 0.6) is 11.5 Å². The standard InChI is InChI=1S/C14H11NO2/c1-8-3-2-4-9-7-10-11(15-13(8)9)5-6-12(16)14(10)17/h2-7,16-17H,1H3. The molecule has 2 N–H and O–H groups in total. The number of hydrogen-bond donors (Lipinski definition) is 2. The van der Waals surface area contributed by atoms with Crippen LogP contribution in [0.1, 0.15) is 5.56 Å². The normalized spacial score (nSPS) is 11.1. The summed E-state index contributed by atoms with van der Waals surface area (Å²) >= 11 is 0. The maximum Gasteiger partial charge on any atom is 0.167 e. The molecule has 0 radical (unpaired) electrons. The van der Waals surface area contributed by atoms with Crippen molar-refractivity contribution in [2.24, 2.45) is 0 Å². The number of rotatable bonds is 0. The van der Waals surface area contributed by atoms with Gasteiger partial charge < -0.3 is 10.2 Å². The molecule has 1 aromatic heterocycles. The molecule has 84 valence electrons. The predicted octanol–water partition coefficient (Wildman–Crippen LogP) is 3.11. The molecular formula is C14H11NO2. The summed E-state index contributed by atoms with van der Waals surface area (Å²) in [5, 5.41) is 20.8. The van der Waals surface area contributed by atoms with Gasteiger partial charge in [0.15, 0.2) is 11.5 Å². The van der Waals surface area contributed by atoms with E-state index in [9.17, 15) is 10.2 Å². The fraction of sp³-hybridized carbons (Fsp3) is 0.0714. The van der Waals surface area contributed by atoms with Gasteiger partial charge in [0.05, 0.1) is 11.0 Å². The van der Waals surface area contributed by atoms with Crippen LogP contribution in [0, 0.1) is 6.92 Å². The molecule has 0 atom stereocenters. The van der Waals surface area contributed by atoms with Gasteiger partial charge in [-0.15, -0.1) is 0 Å². The highest BCUT2D eigenvalue weighted by Crippen LogP contribution is 2.34. The zero-order valence-corrected chi connectivity index (χ0v) is 9.31. The van der Waals surface area contributed by atoms with Crippen molar-refractivity contribution in [1.82, 2.24) is 4.98 Å². The molecule has 0 bridgehead atoms. The van der Waals surface area contributed by atoms with E-state index in [0.29, 0.717) is 10.9 Å².